The zero-order chi connectivity index (χ0) is 10.6. The van der Waals surface area contributed by atoms with Crippen molar-refractivity contribution < 1.29 is 9.90 Å². The highest BCUT2D eigenvalue weighted by Gasteiger charge is 1.99. The lowest BCUT2D eigenvalue weighted by molar-refractivity contribution is -0.136. The number of carboxylic acids is 1. The maximum absolute atomic E-state index is 10.3. The molecule has 76 valence electrons. The second-order valence-corrected chi connectivity index (χ2v) is 3.95. The van der Waals surface area contributed by atoms with E-state index in [1.807, 2.05) is 25.1 Å². The second kappa shape index (κ2) is 5.00. The van der Waals surface area contributed by atoms with E-state index < -0.39 is 5.97 Å². The number of carboxylic acid groups (broad SMARTS) is 1. The van der Waals surface area contributed by atoms with Crippen molar-refractivity contribution in [2.75, 3.05) is 11.9 Å². The van der Waals surface area contributed by atoms with Gasteiger partial charge in [-0.25, -0.2) is 0 Å². The van der Waals surface area contributed by atoms with Gasteiger partial charge in [0, 0.05) is 16.7 Å². The summed E-state index contributed by atoms with van der Waals surface area (Å²) in [6.45, 7) is 2.44. The number of hydrogen-bond donors (Lipinski definition) is 2. The fraction of sp³-hybridized carbons (Fsp3) is 0.300. The van der Waals surface area contributed by atoms with Crippen LogP contribution in [0.25, 0.3) is 0 Å². The second-order valence-electron chi connectivity index (χ2n) is 3.03. The van der Waals surface area contributed by atoms with Gasteiger partial charge in [0.25, 0.3) is 0 Å². The van der Waals surface area contributed by atoms with E-state index in [1.54, 1.807) is 0 Å². The summed E-state index contributed by atoms with van der Waals surface area (Å²) in [5, 5.41) is 11.5. The molecule has 0 aliphatic rings. The topological polar surface area (TPSA) is 49.3 Å². The Morgan fingerprint density at radius 3 is 2.86 bits per heavy atom. The van der Waals surface area contributed by atoms with Crippen molar-refractivity contribution in [3.8, 4) is 0 Å². The van der Waals surface area contributed by atoms with E-state index in [4.69, 9.17) is 5.11 Å². The van der Waals surface area contributed by atoms with E-state index >= 15 is 0 Å². The first-order valence-corrected chi connectivity index (χ1v) is 5.10. The number of rotatable bonds is 4. The average molecular weight is 258 g/mol. The van der Waals surface area contributed by atoms with Crippen molar-refractivity contribution in [3.05, 3.63) is 28.2 Å². The fourth-order valence-corrected chi connectivity index (χ4v) is 1.61. The zero-order valence-electron chi connectivity index (χ0n) is 7.88. The number of hydrogen-bond acceptors (Lipinski definition) is 2. The molecule has 0 unspecified atom stereocenters. The first kappa shape index (κ1) is 11.0. The molecular weight excluding hydrogens is 246 g/mol. The van der Waals surface area contributed by atoms with Crippen LogP contribution in [0.15, 0.2) is 22.7 Å². The molecule has 0 spiro atoms. The lowest BCUT2D eigenvalue weighted by atomic mass is 10.2. The highest BCUT2D eigenvalue weighted by molar-refractivity contribution is 9.10. The van der Waals surface area contributed by atoms with Crippen LogP contribution >= 0.6 is 15.9 Å². The van der Waals surface area contributed by atoms with Crippen LogP contribution in [-0.4, -0.2) is 17.6 Å². The summed E-state index contributed by atoms with van der Waals surface area (Å²) in [5.74, 6) is -0.785. The standard InChI is InChI=1S/C10H12BrNO2/c1-7-6-8(11)2-3-9(7)12-5-4-10(13)14/h2-3,6,12H,4-5H2,1H3,(H,13,14). The summed E-state index contributed by atoms with van der Waals surface area (Å²) in [6.07, 6.45) is 0.134. The first-order chi connectivity index (χ1) is 6.59. The maximum Gasteiger partial charge on any atom is 0.305 e. The summed E-state index contributed by atoms with van der Waals surface area (Å²) in [4.78, 5) is 10.3. The van der Waals surface area contributed by atoms with Crippen LogP contribution in [0.4, 0.5) is 5.69 Å². The van der Waals surface area contributed by atoms with E-state index in [-0.39, 0.29) is 6.42 Å². The molecule has 3 nitrogen and oxygen atoms in total. The van der Waals surface area contributed by atoms with Gasteiger partial charge in [-0.2, -0.15) is 0 Å². The number of anilines is 1. The third-order valence-corrected chi connectivity index (χ3v) is 2.34. The zero-order valence-corrected chi connectivity index (χ0v) is 9.47. The van der Waals surface area contributed by atoms with Crippen molar-refractivity contribution >= 4 is 27.6 Å². The minimum atomic E-state index is -0.785. The van der Waals surface area contributed by atoms with Gasteiger partial charge in [0.05, 0.1) is 6.42 Å². The Hall–Kier alpha value is -1.03. The van der Waals surface area contributed by atoms with Gasteiger partial charge >= 0.3 is 5.97 Å². The lowest BCUT2D eigenvalue weighted by Gasteiger charge is -2.08. The molecule has 0 aromatic heterocycles. The number of benzene rings is 1. The largest absolute Gasteiger partial charge is 0.481 e. The molecule has 1 aromatic carbocycles. The molecule has 0 saturated heterocycles. The normalized spacial score (nSPS) is 9.86. The molecule has 14 heavy (non-hydrogen) atoms. The van der Waals surface area contributed by atoms with E-state index in [9.17, 15) is 4.79 Å². The van der Waals surface area contributed by atoms with E-state index in [1.165, 1.54) is 0 Å². The number of aliphatic carboxylic acids is 1. The van der Waals surface area contributed by atoms with Crippen LogP contribution in [0.5, 0.6) is 0 Å². The molecule has 0 heterocycles. The monoisotopic (exact) mass is 257 g/mol. The first-order valence-electron chi connectivity index (χ1n) is 4.31. The predicted molar refractivity (Wildman–Crippen MR) is 59.6 cm³/mol. The molecule has 0 radical (unpaired) electrons. The molecule has 0 saturated carbocycles. The Morgan fingerprint density at radius 1 is 1.57 bits per heavy atom. The average Bonchev–Trinajstić information content (AvgIpc) is 2.08. The van der Waals surface area contributed by atoms with Gasteiger partial charge in [0.15, 0.2) is 0 Å². The highest BCUT2D eigenvalue weighted by atomic mass is 79.9. The molecule has 1 aromatic rings. The predicted octanol–water partition coefficient (Wildman–Crippen LogP) is 2.64. The Morgan fingerprint density at radius 2 is 2.29 bits per heavy atom. The summed E-state index contributed by atoms with van der Waals surface area (Å²) in [7, 11) is 0. The number of carbonyl (C=O) groups is 1. The van der Waals surface area contributed by atoms with Gasteiger partial charge in [-0.3, -0.25) is 4.79 Å². The van der Waals surface area contributed by atoms with Crippen LogP contribution in [0.3, 0.4) is 0 Å². The molecule has 0 aliphatic carbocycles. The van der Waals surface area contributed by atoms with E-state index in [2.05, 4.69) is 21.2 Å². The van der Waals surface area contributed by atoms with Gasteiger partial charge < -0.3 is 10.4 Å². The van der Waals surface area contributed by atoms with Crippen molar-refractivity contribution in [1.29, 1.82) is 0 Å². The van der Waals surface area contributed by atoms with Crippen LogP contribution < -0.4 is 5.32 Å². The highest BCUT2D eigenvalue weighted by Crippen LogP contribution is 2.19. The van der Waals surface area contributed by atoms with E-state index in [0.29, 0.717) is 6.54 Å². The Labute approximate surface area is 91.3 Å². The van der Waals surface area contributed by atoms with Crippen molar-refractivity contribution in [2.24, 2.45) is 0 Å². The van der Waals surface area contributed by atoms with Crippen molar-refractivity contribution in [1.82, 2.24) is 0 Å². The van der Waals surface area contributed by atoms with Gasteiger partial charge in [-0.15, -0.1) is 0 Å². The third-order valence-electron chi connectivity index (χ3n) is 1.84. The van der Waals surface area contributed by atoms with Crippen molar-refractivity contribution in [2.45, 2.75) is 13.3 Å². The van der Waals surface area contributed by atoms with Crippen LogP contribution in [-0.2, 0) is 4.79 Å². The summed E-state index contributed by atoms with van der Waals surface area (Å²) >= 11 is 3.37. The SMILES string of the molecule is Cc1cc(Br)ccc1NCCC(=O)O. The minimum Gasteiger partial charge on any atom is -0.481 e. The molecular formula is C10H12BrNO2. The van der Waals surface area contributed by atoms with Crippen LogP contribution in [0.2, 0.25) is 0 Å². The number of aryl methyl sites for hydroxylation is 1. The van der Waals surface area contributed by atoms with Gasteiger partial charge in [-0.05, 0) is 30.7 Å². The van der Waals surface area contributed by atoms with Crippen LogP contribution in [0, 0.1) is 6.92 Å². The number of halogens is 1. The Bertz CT molecular complexity index is 339. The summed E-state index contributed by atoms with van der Waals surface area (Å²) < 4.78 is 1.03. The minimum absolute atomic E-state index is 0.134. The Kier molecular flexibility index (Phi) is 3.95. The Balaban J connectivity index is 2.55. The van der Waals surface area contributed by atoms with Gasteiger partial charge in [0.2, 0.25) is 0 Å². The van der Waals surface area contributed by atoms with Gasteiger partial charge in [-0.1, -0.05) is 15.9 Å². The molecule has 1 rings (SSSR count). The van der Waals surface area contributed by atoms with Gasteiger partial charge in [0.1, 0.15) is 0 Å². The van der Waals surface area contributed by atoms with E-state index in [0.717, 1.165) is 15.7 Å². The molecule has 0 bridgehead atoms. The van der Waals surface area contributed by atoms with Crippen LogP contribution in [0.1, 0.15) is 12.0 Å². The smallest absolute Gasteiger partial charge is 0.305 e. The third kappa shape index (κ3) is 3.38. The summed E-state index contributed by atoms with van der Waals surface area (Å²) in [5.41, 5.74) is 2.08. The molecule has 0 atom stereocenters. The molecule has 4 heteroatoms. The maximum atomic E-state index is 10.3. The summed E-state index contributed by atoms with van der Waals surface area (Å²) in [6, 6.07) is 5.85. The molecule has 0 aliphatic heterocycles. The molecule has 2 N–H and O–H groups in total. The quantitative estimate of drug-likeness (QED) is 0.872. The molecule has 0 amide bonds. The number of nitrogens with one attached hydrogen (secondary N) is 1. The lowest BCUT2D eigenvalue weighted by Crippen LogP contribution is -2.08. The van der Waals surface area contributed by atoms with Crippen molar-refractivity contribution in [3.63, 3.8) is 0 Å². The molecule has 0 fully saturated rings. The fourth-order valence-electron chi connectivity index (χ4n) is 1.13.